The number of benzene rings is 1. The molecule has 112 valence electrons. The van der Waals surface area contributed by atoms with Gasteiger partial charge >= 0.3 is 0 Å². The number of nitrogens with zero attached hydrogens (tertiary/aromatic N) is 1. The normalized spacial score (nSPS) is 17.8. The molecule has 1 aliphatic rings. The fourth-order valence-corrected chi connectivity index (χ4v) is 2.71. The average molecular weight is 279 g/mol. The van der Waals surface area contributed by atoms with Crippen LogP contribution in [0.1, 0.15) is 37.4 Å². The van der Waals surface area contributed by atoms with Crippen LogP contribution < -0.4 is 9.47 Å². The van der Waals surface area contributed by atoms with Gasteiger partial charge in [0.05, 0.1) is 20.3 Å². The molecule has 0 bridgehead atoms. The lowest BCUT2D eigenvalue weighted by molar-refractivity contribution is 0.133. The standard InChI is InChI=1S/C16H25NO3/c1-19-15-7-6-13(12-16(15)20-2)14(18)8-11-17-9-4-3-5-10-17/h6-7,12,14,18H,3-5,8-11H2,1-2H3. The lowest BCUT2D eigenvalue weighted by atomic mass is 10.0. The molecule has 1 N–H and O–H groups in total. The number of aliphatic hydroxyl groups excluding tert-OH is 1. The molecule has 4 nitrogen and oxygen atoms in total. The highest BCUT2D eigenvalue weighted by Gasteiger charge is 2.15. The molecule has 1 atom stereocenters. The number of hydrogen-bond donors (Lipinski definition) is 1. The van der Waals surface area contributed by atoms with E-state index in [0.29, 0.717) is 11.5 Å². The van der Waals surface area contributed by atoms with E-state index in [4.69, 9.17) is 9.47 Å². The maximum atomic E-state index is 10.3. The predicted molar refractivity (Wildman–Crippen MR) is 79.4 cm³/mol. The van der Waals surface area contributed by atoms with Gasteiger partial charge < -0.3 is 19.5 Å². The van der Waals surface area contributed by atoms with E-state index >= 15 is 0 Å². The highest BCUT2D eigenvalue weighted by molar-refractivity contribution is 5.43. The lowest BCUT2D eigenvalue weighted by Crippen LogP contribution is -2.31. The Morgan fingerprint density at radius 2 is 1.80 bits per heavy atom. The molecule has 0 aliphatic carbocycles. The summed E-state index contributed by atoms with van der Waals surface area (Å²) >= 11 is 0. The van der Waals surface area contributed by atoms with Gasteiger partial charge in [-0.05, 0) is 50.0 Å². The van der Waals surface area contributed by atoms with Gasteiger partial charge in [-0.25, -0.2) is 0 Å². The highest BCUT2D eigenvalue weighted by atomic mass is 16.5. The molecule has 1 saturated heterocycles. The third-order valence-electron chi connectivity index (χ3n) is 3.96. The average Bonchev–Trinajstić information content (AvgIpc) is 2.52. The summed E-state index contributed by atoms with van der Waals surface area (Å²) in [5.41, 5.74) is 0.889. The number of likely N-dealkylation sites (tertiary alicyclic amines) is 1. The Hall–Kier alpha value is -1.26. The van der Waals surface area contributed by atoms with Crippen LogP contribution in [0.5, 0.6) is 11.5 Å². The first-order chi connectivity index (χ1) is 9.74. The lowest BCUT2D eigenvalue weighted by Gasteiger charge is -2.27. The minimum atomic E-state index is -0.447. The Balaban J connectivity index is 1.92. The molecule has 1 fully saturated rings. The first kappa shape index (κ1) is 15.1. The SMILES string of the molecule is COc1ccc(C(O)CCN2CCCCC2)cc1OC. The molecule has 2 rings (SSSR count). The van der Waals surface area contributed by atoms with E-state index in [2.05, 4.69) is 4.90 Å². The van der Waals surface area contributed by atoms with Gasteiger partial charge in [-0.2, -0.15) is 0 Å². The number of aliphatic hydroxyl groups is 1. The van der Waals surface area contributed by atoms with Crippen molar-refractivity contribution in [1.82, 2.24) is 4.90 Å². The van der Waals surface area contributed by atoms with Crippen LogP contribution in [0.25, 0.3) is 0 Å². The molecule has 4 heteroatoms. The van der Waals surface area contributed by atoms with Crippen molar-refractivity contribution >= 4 is 0 Å². The van der Waals surface area contributed by atoms with E-state index in [9.17, 15) is 5.11 Å². The van der Waals surface area contributed by atoms with Crippen LogP contribution in [0.2, 0.25) is 0 Å². The van der Waals surface area contributed by atoms with Gasteiger partial charge in [0.15, 0.2) is 11.5 Å². The van der Waals surface area contributed by atoms with Gasteiger partial charge in [-0.1, -0.05) is 12.5 Å². The molecular weight excluding hydrogens is 254 g/mol. The van der Waals surface area contributed by atoms with Gasteiger partial charge in [0.25, 0.3) is 0 Å². The summed E-state index contributed by atoms with van der Waals surface area (Å²) in [6, 6.07) is 5.61. The first-order valence-electron chi connectivity index (χ1n) is 7.37. The Kier molecular flexibility index (Phi) is 5.68. The van der Waals surface area contributed by atoms with Crippen molar-refractivity contribution in [1.29, 1.82) is 0 Å². The summed E-state index contributed by atoms with van der Waals surface area (Å²) in [5.74, 6) is 1.36. The molecule has 0 radical (unpaired) electrons. The minimum Gasteiger partial charge on any atom is -0.493 e. The first-order valence-corrected chi connectivity index (χ1v) is 7.37. The van der Waals surface area contributed by atoms with Crippen LogP contribution >= 0.6 is 0 Å². The van der Waals surface area contributed by atoms with E-state index in [1.165, 1.54) is 32.4 Å². The number of ether oxygens (including phenoxy) is 2. The second-order valence-electron chi connectivity index (χ2n) is 5.32. The van der Waals surface area contributed by atoms with Gasteiger partial charge in [0, 0.05) is 6.54 Å². The van der Waals surface area contributed by atoms with Crippen LogP contribution in [-0.2, 0) is 0 Å². The molecule has 1 aromatic rings. The third kappa shape index (κ3) is 3.87. The molecule has 1 unspecified atom stereocenters. The Morgan fingerprint density at radius 3 is 2.45 bits per heavy atom. The van der Waals surface area contributed by atoms with Gasteiger partial charge in [-0.3, -0.25) is 0 Å². The van der Waals surface area contributed by atoms with Crippen LogP contribution in [-0.4, -0.2) is 43.9 Å². The van der Waals surface area contributed by atoms with Crippen LogP contribution in [0, 0.1) is 0 Å². The Bertz CT molecular complexity index is 416. The fraction of sp³-hybridized carbons (Fsp3) is 0.625. The van der Waals surface area contributed by atoms with Crippen LogP contribution in [0.4, 0.5) is 0 Å². The van der Waals surface area contributed by atoms with E-state index in [-0.39, 0.29) is 0 Å². The van der Waals surface area contributed by atoms with Gasteiger partial charge in [0.1, 0.15) is 0 Å². The third-order valence-corrected chi connectivity index (χ3v) is 3.96. The Labute approximate surface area is 121 Å². The zero-order valence-electron chi connectivity index (χ0n) is 12.5. The summed E-state index contributed by atoms with van der Waals surface area (Å²) in [4.78, 5) is 2.44. The summed E-state index contributed by atoms with van der Waals surface area (Å²) in [6.07, 6.45) is 4.22. The summed E-state index contributed by atoms with van der Waals surface area (Å²) < 4.78 is 10.5. The zero-order chi connectivity index (χ0) is 14.4. The van der Waals surface area contributed by atoms with Crippen LogP contribution in [0.15, 0.2) is 18.2 Å². The maximum Gasteiger partial charge on any atom is 0.161 e. The Morgan fingerprint density at radius 1 is 1.10 bits per heavy atom. The topological polar surface area (TPSA) is 41.9 Å². The molecule has 0 saturated carbocycles. The molecule has 0 amide bonds. The second kappa shape index (κ2) is 7.50. The monoisotopic (exact) mass is 279 g/mol. The van der Waals surface area contributed by atoms with E-state index in [0.717, 1.165) is 18.5 Å². The van der Waals surface area contributed by atoms with Crippen molar-refractivity contribution in [2.45, 2.75) is 31.8 Å². The van der Waals surface area contributed by atoms with Crippen molar-refractivity contribution in [3.63, 3.8) is 0 Å². The van der Waals surface area contributed by atoms with E-state index < -0.39 is 6.10 Å². The van der Waals surface area contributed by atoms with Crippen molar-refractivity contribution in [2.75, 3.05) is 33.9 Å². The fourth-order valence-electron chi connectivity index (χ4n) is 2.71. The summed E-state index contributed by atoms with van der Waals surface area (Å²) in [6.45, 7) is 3.28. The molecule has 1 aliphatic heterocycles. The minimum absolute atomic E-state index is 0.447. The smallest absolute Gasteiger partial charge is 0.161 e. The maximum absolute atomic E-state index is 10.3. The predicted octanol–water partition coefficient (Wildman–Crippen LogP) is 2.61. The van der Waals surface area contributed by atoms with E-state index in [1.807, 2.05) is 18.2 Å². The highest BCUT2D eigenvalue weighted by Crippen LogP contribution is 2.31. The van der Waals surface area contributed by atoms with E-state index in [1.54, 1.807) is 14.2 Å². The second-order valence-corrected chi connectivity index (χ2v) is 5.32. The molecule has 1 heterocycles. The number of hydrogen-bond acceptors (Lipinski definition) is 4. The number of rotatable bonds is 6. The van der Waals surface area contributed by atoms with Gasteiger partial charge in [-0.15, -0.1) is 0 Å². The number of methoxy groups -OCH3 is 2. The molecule has 1 aromatic carbocycles. The number of piperidine rings is 1. The van der Waals surface area contributed by atoms with Crippen molar-refractivity contribution in [3.05, 3.63) is 23.8 Å². The van der Waals surface area contributed by atoms with Crippen LogP contribution in [0.3, 0.4) is 0 Å². The molecule has 0 spiro atoms. The molecule has 0 aromatic heterocycles. The molecule has 20 heavy (non-hydrogen) atoms. The molecular formula is C16H25NO3. The van der Waals surface area contributed by atoms with Crippen molar-refractivity contribution < 1.29 is 14.6 Å². The summed E-state index contributed by atoms with van der Waals surface area (Å²) in [7, 11) is 3.23. The quantitative estimate of drug-likeness (QED) is 0.869. The van der Waals surface area contributed by atoms with Crippen molar-refractivity contribution in [2.24, 2.45) is 0 Å². The zero-order valence-corrected chi connectivity index (χ0v) is 12.5. The summed E-state index contributed by atoms with van der Waals surface area (Å²) in [5, 5.41) is 10.3. The van der Waals surface area contributed by atoms with Gasteiger partial charge in [0.2, 0.25) is 0 Å². The van der Waals surface area contributed by atoms with Crippen molar-refractivity contribution in [3.8, 4) is 11.5 Å². The largest absolute Gasteiger partial charge is 0.493 e.